The fraction of sp³-hybridized carbons (Fsp3) is 0.294. The Morgan fingerprint density at radius 1 is 1.10 bits per heavy atom. The molecule has 1 aliphatic carbocycles. The normalized spacial score (nSPS) is 17.6. The number of rotatable bonds is 4. The molecule has 0 spiro atoms. The van der Waals surface area contributed by atoms with Gasteiger partial charge in [0.05, 0.1) is 13.2 Å². The number of aliphatic hydroxyl groups is 1. The molecule has 1 N–H and O–H groups in total. The Morgan fingerprint density at radius 2 is 1.80 bits per heavy atom. The van der Waals surface area contributed by atoms with Crippen molar-refractivity contribution in [1.29, 1.82) is 0 Å². The summed E-state index contributed by atoms with van der Waals surface area (Å²) in [4.78, 5) is 0. The van der Waals surface area contributed by atoms with Crippen molar-refractivity contribution in [1.82, 2.24) is 0 Å². The highest BCUT2D eigenvalue weighted by atomic mass is 19.1. The first-order chi connectivity index (χ1) is 9.69. The molecule has 3 heteroatoms. The molecule has 1 fully saturated rings. The molecule has 104 valence electrons. The van der Waals surface area contributed by atoms with E-state index in [1.807, 2.05) is 30.3 Å². The second kappa shape index (κ2) is 4.91. The third-order valence-corrected chi connectivity index (χ3v) is 4.17. The molecule has 0 radical (unpaired) electrons. The fourth-order valence-electron chi connectivity index (χ4n) is 2.82. The van der Waals surface area contributed by atoms with Crippen molar-refractivity contribution in [3.8, 4) is 5.75 Å². The first-order valence-corrected chi connectivity index (χ1v) is 6.75. The molecular formula is C17H17FO2. The Morgan fingerprint density at radius 3 is 2.40 bits per heavy atom. The van der Waals surface area contributed by atoms with Crippen LogP contribution in [-0.2, 0) is 5.41 Å². The van der Waals surface area contributed by atoms with Crippen LogP contribution in [0, 0.1) is 5.82 Å². The Bertz CT molecular complexity index is 606. The molecule has 2 nitrogen and oxygen atoms in total. The molecule has 1 saturated carbocycles. The molecular weight excluding hydrogens is 255 g/mol. The van der Waals surface area contributed by atoms with E-state index in [1.54, 1.807) is 18.2 Å². The van der Waals surface area contributed by atoms with E-state index in [-0.39, 0.29) is 11.2 Å². The average molecular weight is 272 g/mol. The third-order valence-electron chi connectivity index (χ3n) is 4.17. The van der Waals surface area contributed by atoms with Gasteiger partial charge in [-0.25, -0.2) is 4.39 Å². The van der Waals surface area contributed by atoms with Crippen molar-refractivity contribution in [2.45, 2.75) is 24.4 Å². The summed E-state index contributed by atoms with van der Waals surface area (Å²) in [5.41, 5.74) is 1.02. The van der Waals surface area contributed by atoms with E-state index in [1.165, 1.54) is 7.11 Å². The van der Waals surface area contributed by atoms with Crippen molar-refractivity contribution in [3.63, 3.8) is 0 Å². The smallest absolute Gasteiger partial charge is 0.170 e. The molecule has 1 atom stereocenters. The lowest BCUT2D eigenvalue weighted by Gasteiger charge is -2.24. The summed E-state index contributed by atoms with van der Waals surface area (Å²) in [6, 6.07) is 14.7. The highest BCUT2D eigenvalue weighted by molar-refractivity contribution is 5.40. The molecule has 3 rings (SSSR count). The van der Waals surface area contributed by atoms with Crippen LogP contribution in [-0.4, -0.2) is 12.2 Å². The molecule has 0 saturated heterocycles. The van der Waals surface area contributed by atoms with Crippen molar-refractivity contribution in [2.75, 3.05) is 7.11 Å². The summed E-state index contributed by atoms with van der Waals surface area (Å²) < 4.78 is 19.3. The van der Waals surface area contributed by atoms with Gasteiger partial charge in [0, 0.05) is 11.0 Å². The van der Waals surface area contributed by atoms with Crippen molar-refractivity contribution < 1.29 is 14.2 Å². The van der Waals surface area contributed by atoms with Gasteiger partial charge in [-0.15, -0.1) is 0 Å². The number of hydrogen-bond donors (Lipinski definition) is 1. The standard InChI is InChI=1S/C17H17FO2/c1-20-14-9-5-8-13(15(14)18)16(19)17(10-11-17)12-6-3-2-4-7-12/h2-9,16,19H,10-11H2,1H3. The van der Waals surface area contributed by atoms with Crippen molar-refractivity contribution >= 4 is 0 Å². The summed E-state index contributed by atoms with van der Waals surface area (Å²) in [6.45, 7) is 0. The second-order valence-corrected chi connectivity index (χ2v) is 5.29. The maximum Gasteiger partial charge on any atom is 0.170 e. The summed E-state index contributed by atoms with van der Waals surface area (Å²) in [7, 11) is 1.43. The number of halogens is 1. The van der Waals surface area contributed by atoms with Crippen molar-refractivity contribution in [2.24, 2.45) is 0 Å². The molecule has 2 aromatic rings. The minimum absolute atomic E-state index is 0.172. The minimum Gasteiger partial charge on any atom is -0.494 e. The predicted molar refractivity (Wildman–Crippen MR) is 75.3 cm³/mol. The zero-order valence-electron chi connectivity index (χ0n) is 11.3. The monoisotopic (exact) mass is 272 g/mol. The molecule has 2 aromatic carbocycles. The lowest BCUT2D eigenvalue weighted by molar-refractivity contribution is 0.128. The van der Waals surface area contributed by atoms with Gasteiger partial charge in [-0.3, -0.25) is 0 Å². The average Bonchev–Trinajstić information content (AvgIpc) is 3.29. The predicted octanol–water partition coefficient (Wildman–Crippen LogP) is 3.60. The summed E-state index contributed by atoms with van der Waals surface area (Å²) in [5.74, 6) is -0.296. The molecule has 0 aliphatic heterocycles. The van der Waals surface area contributed by atoms with Crippen LogP contribution in [0.25, 0.3) is 0 Å². The van der Waals surface area contributed by atoms with E-state index in [4.69, 9.17) is 4.74 Å². The Hall–Kier alpha value is -1.87. The fourth-order valence-corrected chi connectivity index (χ4v) is 2.82. The molecule has 1 aliphatic rings. The Balaban J connectivity index is 2.00. The number of benzene rings is 2. The highest BCUT2D eigenvalue weighted by Crippen LogP contribution is 2.57. The van der Waals surface area contributed by atoms with E-state index in [0.29, 0.717) is 5.56 Å². The molecule has 0 aromatic heterocycles. The van der Waals surface area contributed by atoms with Gasteiger partial charge >= 0.3 is 0 Å². The van der Waals surface area contributed by atoms with Crippen LogP contribution in [0.5, 0.6) is 5.75 Å². The first-order valence-electron chi connectivity index (χ1n) is 6.75. The lowest BCUT2D eigenvalue weighted by Crippen LogP contribution is -2.19. The van der Waals surface area contributed by atoms with Crippen molar-refractivity contribution in [3.05, 3.63) is 65.5 Å². The van der Waals surface area contributed by atoms with Gasteiger partial charge in [0.2, 0.25) is 0 Å². The van der Waals surface area contributed by atoms with E-state index in [9.17, 15) is 9.50 Å². The van der Waals surface area contributed by atoms with E-state index >= 15 is 0 Å². The number of hydrogen-bond acceptors (Lipinski definition) is 2. The third kappa shape index (κ3) is 1.98. The highest BCUT2D eigenvalue weighted by Gasteiger charge is 2.51. The van der Waals surface area contributed by atoms with Gasteiger partial charge in [-0.2, -0.15) is 0 Å². The topological polar surface area (TPSA) is 29.5 Å². The first kappa shape index (κ1) is 13.1. The van der Waals surface area contributed by atoms with Crippen LogP contribution in [0.2, 0.25) is 0 Å². The van der Waals surface area contributed by atoms with Gasteiger partial charge in [0.15, 0.2) is 11.6 Å². The van der Waals surface area contributed by atoms with Crippen LogP contribution in [0.15, 0.2) is 48.5 Å². The second-order valence-electron chi connectivity index (χ2n) is 5.29. The van der Waals surface area contributed by atoms with Gasteiger partial charge in [0.1, 0.15) is 0 Å². The van der Waals surface area contributed by atoms with Crippen LogP contribution in [0.4, 0.5) is 4.39 Å². The lowest BCUT2D eigenvalue weighted by atomic mass is 9.86. The van der Waals surface area contributed by atoms with E-state index in [0.717, 1.165) is 18.4 Å². The van der Waals surface area contributed by atoms with E-state index in [2.05, 4.69) is 0 Å². The zero-order chi connectivity index (χ0) is 14.2. The maximum absolute atomic E-state index is 14.3. The molecule has 20 heavy (non-hydrogen) atoms. The minimum atomic E-state index is -0.847. The number of ether oxygens (including phenoxy) is 1. The quantitative estimate of drug-likeness (QED) is 0.921. The molecule has 0 amide bonds. The summed E-state index contributed by atoms with van der Waals surface area (Å²) in [6.07, 6.45) is 0.893. The van der Waals surface area contributed by atoms with Gasteiger partial charge < -0.3 is 9.84 Å². The Kier molecular flexibility index (Phi) is 3.22. The Labute approximate surface area is 117 Å². The van der Waals surface area contributed by atoms with Gasteiger partial charge in [-0.05, 0) is 24.5 Å². The van der Waals surface area contributed by atoms with Crippen LogP contribution < -0.4 is 4.74 Å². The number of methoxy groups -OCH3 is 1. The van der Waals surface area contributed by atoms with Crippen LogP contribution in [0.1, 0.15) is 30.1 Å². The largest absolute Gasteiger partial charge is 0.494 e. The van der Waals surface area contributed by atoms with Gasteiger partial charge in [-0.1, -0.05) is 42.5 Å². The SMILES string of the molecule is COc1cccc(C(O)C2(c3ccccc3)CC2)c1F. The van der Waals surface area contributed by atoms with Gasteiger partial charge in [0.25, 0.3) is 0 Å². The molecule has 0 heterocycles. The molecule has 1 unspecified atom stereocenters. The summed E-state index contributed by atoms with van der Waals surface area (Å²) >= 11 is 0. The zero-order valence-corrected chi connectivity index (χ0v) is 11.3. The van der Waals surface area contributed by atoms with Crippen LogP contribution >= 0.6 is 0 Å². The maximum atomic E-state index is 14.3. The van der Waals surface area contributed by atoms with E-state index < -0.39 is 11.9 Å². The van der Waals surface area contributed by atoms with Crippen LogP contribution in [0.3, 0.4) is 0 Å². The number of aliphatic hydroxyl groups excluding tert-OH is 1. The summed E-state index contributed by atoms with van der Waals surface area (Å²) in [5, 5.41) is 10.7. The molecule has 0 bridgehead atoms.